The molecule has 3 fully saturated rings. The van der Waals surface area contributed by atoms with E-state index in [4.69, 9.17) is 0 Å². The van der Waals surface area contributed by atoms with Gasteiger partial charge in [0.2, 0.25) is 0 Å². The number of piperidine rings is 3. The second-order valence-electron chi connectivity index (χ2n) is 8.72. The normalized spacial score (nSPS) is 22.9. The van der Waals surface area contributed by atoms with Gasteiger partial charge in [0.25, 0.3) is 10.0 Å². The van der Waals surface area contributed by atoms with Gasteiger partial charge in [0.05, 0.1) is 16.0 Å². The van der Waals surface area contributed by atoms with Crippen molar-refractivity contribution in [3.8, 4) is 0 Å². The van der Waals surface area contributed by atoms with Crippen molar-refractivity contribution in [1.82, 2.24) is 14.2 Å². The molecule has 1 aromatic heterocycles. The van der Waals surface area contributed by atoms with Gasteiger partial charge in [-0.15, -0.1) is 0 Å². The lowest BCUT2D eigenvalue weighted by Gasteiger charge is -2.45. The van der Waals surface area contributed by atoms with Gasteiger partial charge in [0.1, 0.15) is 0 Å². The number of carbonyl (C=O) groups is 1. The van der Waals surface area contributed by atoms with E-state index in [1.54, 1.807) is 48.7 Å². The highest BCUT2D eigenvalue weighted by Crippen LogP contribution is 2.30. The van der Waals surface area contributed by atoms with Crippen LogP contribution in [0.1, 0.15) is 28.8 Å². The molecule has 0 unspecified atom stereocenters. The van der Waals surface area contributed by atoms with Crippen LogP contribution in [0.15, 0.2) is 59.6 Å². The van der Waals surface area contributed by atoms with E-state index in [1.165, 1.54) is 36.0 Å². The van der Waals surface area contributed by atoms with Crippen LogP contribution in [0.25, 0.3) is 10.9 Å². The molecule has 6 rings (SSSR count). The zero-order valence-corrected chi connectivity index (χ0v) is 18.6. The van der Waals surface area contributed by atoms with Crippen LogP contribution in [-0.2, 0) is 16.4 Å². The molecule has 1 atom stereocenters. The van der Waals surface area contributed by atoms with Gasteiger partial charge in [-0.05, 0) is 74.6 Å². The largest absolute Gasteiger partial charge is 0.478 e. The van der Waals surface area contributed by atoms with E-state index >= 15 is 0 Å². The Labute approximate surface area is 187 Å². The molecule has 7 nitrogen and oxygen atoms in total. The number of aromatic carboxylic acids is 1. The number of nitrogens with one attached hydrogen (secondary N) is 1. The fourth-order valence-corrected chi connectivity index (χ4v) is 6.60. The van der Waals surface area contributed by atoms with Crippen LogP contribution in [0.3, 0.4) is 0 Å². The van der Waals surface area contributed by atoms with Gasteiger partial charge in [-0.1, -0.05) is 24.3 Å². The van der Waals surface area contributed by atoms with E-state index in [2.05, 4.69) is 10.2 Å². The predicted octanol–water partition coefficient (Wildman–Crippen LogP) is 2.80. The molecule has 0 spiro atoms. The van der Waals surface area contributed by atoms with Crippen LogP contribution < -0.4 is 5.32 Å². The second kappa shape index (κ2) is 8.35. The molecule has 2 bridgehead atoms. The van der Waals surface area contributed by atoms with E-state index in [0.717, 1.165) is 12.1 Å². The summed E-state index contributed by atoms with van der Waals surface area (Å²) in [6, 6.07) is 13.5. The maximum absolute atomic E-state index is 13.3. The Bertz CT molecular complexity index is 1240. The first-order chi connectivity index (χ1) is 15.4. The fourth-order valence-electron chi connectivity index (χ4n) is 5.20. The van der Waals surface area contributed by atoms with Crippen molar-refractivity contribution in [1.29, 1.82) is 0 Å². The molecule has 8 heteroatoms. The van der Waals surface area contributed by atoms with Crippen molar-refractivity contribution in [2.45, 2.75) is 30.2 Å². The van der Waals surface area contributed by atoms with Crippen molar-refractivity contribution in [2.75, 3.05) is 26.2 Å². The van der Waals surface area contributed by atoms with E-state index in [-0.39, 0.29) is 10.5 Å². The van der Waals surface area contributed by atoms with E-state index < -0.39 is 16.0 Å². The number of nitrogens with zero attached hydrogens (tertiary/aromatic N) is 2. The van der Waals surface area contributed by atoms with Crippen LogP contribution in [0.4, 0.5) is 0 Å². The molecule has 0 amide bonds. The van der Waals surface area contributed by atoms with Crippen LogP contribution in [0, 0.1) is 5.92 Å². The fraction of sp³-hybridized carbons (Fsp3) is 0.375. The number of carboxylic acids is 1. The maximum atomic E-state index is 13.3. The van der Waals surface area contributed by atoms with Crippen LogP contribution >= 0.6 is 0 Å². The lowest BCUT2D eigenvalue weighted by atomic mass is 9.84. The van der Waals surface area contributed by atoms with Crippen molar-refractivity contribution in [3.05, 3.63) is 65.9 Å². The smallest absolute Gasteiger partial charge is 0.336 e. The third-order valence-corrected chi connectivity index (χ3v) is 8.55. The number of fused-ring (bicyclic) bond motifs is 4. The molecule has 3 aliphatic heterocycles. The van der Waals surface area contributed by atoms with Crippen molar-refractivity contribution >= 4 is 26.9 Å². The first-order valence-electron chi connectivity index (χ1n) is 11.1. The highest BCUT2D eigenvalue weighted by Gasteiger charge is 2.33. The van der Waals surface area contributed by atoms with Crippen molar-refractivity contribution in [2.24, 2.45) is 5.92 Å². The third kappa shape index (κ3) is 3.72. The number of hydrogen-bond acceptors (Lipinski definition) is 5. The van der Waals surface area contributed by atoms with Gasteiger partial charge in [0, 0.05) is 24.2 Å². The average molecular weight is 454 g/mol. The summed E-state index contributed by atoms with van der Waals surface area (Å²) in [6.07, 6.45) is 4.59. The lowest BCUT2D eigenvalue weighted by molar-refractivity contribution is 0.0699. The Morgan fingerprint density at radius 2 is 1.81 bits per heavy atom. The average Bonchev–Trinajstić information content (AvgIpc) is 3.20. The molecule has 3 aliphatic rings. The van der Waals surface area contributed by atoms with E-state index in [0.29, 0.717) is 35.8 Å². The van der Waals surface area contributed by atoms with Crippen LogP contribution in [0.5, 0.6) is 0 Å². The number of aromatic nitrogens is 1. The standard InChI is InChI=1S/C24H27N3O4S/c28-24(29)20-7-4-8-22-23(20)18(9-12-25-21-16-26-13-10-17(21)11-14-26)15-27(22)32(30,31)19-5-2-1-3-6-19/h1-8,15,17,21,25H,9-14,16H2,(H,28,29)/t21-/m1/s1. The highest BCUT2D eigenvalue weighted by atomic mass is 32.2. The summed E-state index contributed by atoms with van der Waals surface area (Å²) in [4.78, 5) is 14.6. The van der Waals surface area contributed by atoms with E-state index in [1.807, 2.05) is 0 Å². The van der Waals surface area contributed by atoms with Crippen LogP contribution in [0.2, 0.25) is 0 Å². The number of hydrogen-bond donors (Lipinski definition) is 2. The Morgan fingerprint density at radius 3 is 2.47 bits per heavy atom. The zero-order valence-electron chi connectivity index (χ0n) is 17.8. The second-order valence-corrected chi connectivity index (χ2v) is 10.5. The lowest BCUT2D eigenvalue weighted by Crippen LogP contribution is -2.56. The van der Waals surface area contributed by atoms with Gasteiger partial charge in [0.15, 0.2) is 0 Å². The summed E-state index contributed by atoms with van der Waals surface area (Å²) in [6.45, 7) is 4.08. The SMILES string of the molecule is O=C(O)c1cccc2c1c(CCN[C@@H]1CN3CCC1CC3)cn2S(=O)(=O)c1ccccc1. The van der Waals surface area contributed by atoms with Gasteiger partial charge in [-0.3, -0.25) is 0 Å². The molecule has 168 valence electrons. The molecular formula is C24H27N3O4S. The molecule has 32 heavy (non-hydrogen) atoms. The monoisotopic (exact) mass is 453 g/mol. The van der Waals surface area contributed by atoms with Gasteiger partial charge in [-0.25, -0.2) is 17.2 Å². The summed E-state index contributed by atoms with van der Waals surface area (Å²) in [7, 11) is -3.84. The molecule has 0 radical (unpaired) electrons. The third-order valence-electron chi connectivity index (χ3n) is 6.86. The van der Waals surface area contributed by atoms with Crippen molar-refractivity contribution < 1.29 is 18.3 Å². The van der Waals surface area contributed by atoms with Gasteiger partial charge < -0.3 is 15.3 Å². The number of rotatable bonds is 7. The van der Waals surface area contributed by atoms with Crippen molar-refractivity contribution in [3.63, 3.8) is 0 Å². The summed E-state index contributed by atoms with van der Waals surface area (Å²) < 4.78 is 27.9. The summed E-state index contributed by atoms with van der Waals surface area (Å²) in [5.41, 5.74) is 1.25. The molecule has 0 aliphatic carbocycles. The quantitative estimate of drug-likeness (QED) is 0.572. The molecule has 0 saturated carbocycles. The minimum absolute atomic E-state index is 0.127. The molecule has 2 N–H and O–H groups in total. The molecule has 4 heterocycles. The first-order valence-corrected chi connectivity index (χ1v) is 12.5. The Hall–Kier alpha value is -2.68. The van der Waals surface area contributed by atoms with Gasteiger partial charge in [-0.2, -0.15) is 0 Å². The predicted molar refractivity (Wildman–Crippen MR) is 123 cm³/mol. The van der Waals surface area contributed by atoms with Gasteiger partial charge >= 0.3 is 5.97 Å². The first kappa shape index (κ1) is 21.2. The summed E-state index contributed by atoms with van der Waals surface area (Å²) >= 11 is 0. The molecule has 3 aromatic rings. The number of benzene rings is 2. The maximum Gasteiger partial charge on any atom is 0.336 e. The van der Waals surface area contributed by atoms with Crippen LogP contribution in [-0.4, -0.2) is 60.6 Å². The summed E-state index contributed by atoms with van der Waals surface area (Å²) in [5.74, 6) is -0.369. The highest BCUT2D eigenvalue weighted by molar-refractivity contribution is 7.90. The molecular weight excluding hydrogens is 426 g/mol. The molecule has 3 saturated heterocycles. The van der Waals surface area contributed by atoms with E-state index in [9.17, 15) is 18.3 Å². The minimum Gasteiger partial charge on any atom is -0.478 e. The summed E-state index contributed by atoms with van der Waals surface area (Å²) in [5, 5.41) is 13.9. The Kier molecular flexibility index (Phi) is 5.53. The molecule has 2 aromatic carbocycles. The number of carboxylic acid groups (broad SMARTS) is 1. The topological polar surface area (TPSA) is 91.6 Å². The zero-order chi connectivity index (χ0) is 22.3. The minimum atomic E-state index is -3.84. The Balaban J connectivity index is 1.49. The Morgan fingerprint density at radius 1 is 1.06 bits per heavy atom.